The van der Waals surface area contributed by atoms with E-state index in [2.05, 4.69) is 24.8 Å². The SMILES string of the molecule is CCN(CC)CCCCOc1ccccc1CCc1ccc(F)cc1. The zero-order chi connectivity index (χ0) is 17.9. The van der Waals surface area contributed by atoms with Crippen molar-refractivity contribution >= 4 is 0 Å². The lowest BCUT2D eigenvalue weighted by atomic mass is 10.0. The fraction of sp³-hybridized carbons (Fsp3) is 0.455. The number of nitrogens with zero attached hydrogens (tertiary/aromatic N) is 1. The van der Waals surface area contributed by atoms with Gasteiger partial charge in [-0.05, 0) is 74.6 Å². The van der Waals surface area contributed by atoms with E-state index in [0.29, 0.717) is 0 Å². The first-order valence-corrected chi connectivity index (χ1v) is 9.40. The van der Waals surface area contributed by atoms with E-state index in [0.717, 1.165) is 56.8 Å². The molecule has 0 N–H and O–H groups in total. The highest BCUT2D eigenvalue weighted by Gasteiger charge is 2.05. The van der Waals surface area contributed by atoms with Gasteiger partial charge < -0.3 is 9.64 Å². The van der Waals surface area contributed by atoms with E-state index in [1.54, 1.807) is 0 Å². The molecular weight excluding hydrogens is 313 g/mol. The van der Waals surface area contributed by atoms with Gasteiger partial charge in [0.1, 0.15) is 11.6 Å². The third-order valence-corrected chi connectivity index (χ3v) is 4.59. The Hall–Kier alpha value is -1.87. The van der Waals surface area contributed by atoms with E-state index in [1.807, 2.05) is 30.3 Å². The minimum Gasteiger partial charge on any atom is -0.493 e. The van der Waals surface area contributed by atoms with E-state index in [1.165, 1.54) is 24.1 Å². The zero-order valence-corrected chi connectivity index (χ0v) is 15.5. The summed E-state index contributed by atoms with van der Waals surface area (Å²) in [5, 5.41) is 0. The molecule has 0 aliphatic carbocycles. The monoisotopic (exact) mass is 343 g/mol. The van der Waals surface area contributed by atoms with Crippen LogP contribution in [0.25, 0.3) is 0 Å². The first kappa shape index (κ1) is 19.5. The number of para-hydroxylation sites is 1. The lowest BCUT2D eigenvalue weighted by Gasteiger charge is -2.17. The molecule has 0 aromatic heterocycles. The summed E-state index contributed by atoms with van der Waals surface area (Å²) in [6.45, 7) is 8.54. The number of halogens is 1. The average molecular weight is 343 g/mol. The molecule has 3 heteroatoms. The summed E-state index contributed by atoms with van der Waals surface area (Å²) in [4.78, 5) is 2.44. The molecular formula is C22H30FNO. The molecule has 0 spiro atoms. The number of ether oxygens (including phenoxy) is 1. The van der Waals surface area contributed by atoms with Gasteiger partial charge in [-0.2, -0.15) is 0 Å². The predicted molar refractivity (Wildman–Crippen MR) is 103 cm³/mol. The van der Waals surface area contributed by atoms with Crippen molar-refractivity contribution < 1.29 is 9.13 Å². The summed E-state index contributed by atoms with van der Waals surface area (Å²) in [7, 11) is 0. The second kappa shape index (κ2) is 10.9. The van der Waals surface area contributed by atoms with E-state index < -0.39 is 0 Å². The molecule has 25 heavy (non-hydrogen) atoms. The molecule has 2 nitrogen and oxygen atoms in total. The van der Waals surface area contributed by atoms with Crippen LogP contribution in [0.2, 0.25) is 0 Å². The van der Waals surface area contributed by atoms with Gasteiger partial charge in [0.2, 0.25) is 0 Å². The minimum absolute atomic E-state index is 0.183. The zero-order valence-electron chi connectivity index (χ0n) is 15.5. The summed E-state index contributed by atoms with van der Waals surface area (Å²) in [6.07, 6.45) is 4.03. The molecule has 0 radical (unpaired) electrons. The van der Waals surface area contributed by atoms with Crippen LogP contribution in [-0.2, 0) is 12.8 Å². The Kier molecular flexibility index (Phi) is 8.47. The molecule has 0 unspecified atom stereocenters. The maximum Gasteiger partial charge on any atom is 0.123 e. The summed E-state index contributed by atoms with van der Waals surface area (Å²) in [5.74, 6) is 0.796. The second-order valence-electron chi connectivity index (χ2n) is 6.32. The van der Waals surface area contributed by atoms with Crippen molar-refractivity contribution in [1.82, 2.24) is 4.90 Å². The minimum atomic E-state index is -0.183. The van der Waals surface area contributed by atoms with Gasteiger partial charge in [-0.15, -0.1) is 0 Å². The summed E-state index contributed by atoms with van der Waals surface area (Å²) < 4.78 is 19.0. The molecule has 0 saturated heterocycles. The lowest BCUT2D eigenvalue weighted by Crippen LogP contribution is -2.24. The van der Waals surface area contributed by atoms with Crippen molar-refractivity contribution in [2.24, 2.45) is 0 Å². The van der Waals surface area contributed by atoms with Crippen LogP contribution in [0.15, 0.2) is 48.5 Å². The lowest BCUT2D eigenvalue weighted by molar-refractivity contribution is 0.265. The fourth-order valence-corrected chi connectivity index (χ4v) is 2.94. The Morgan fingerprint density at radius 3 is 2.32 bits per heavy atom. The van der Waals surface area contributed by atoms with Gasteiger partial charge in [0.15, 0.2) is 0 Å². The maximum absolute atomic E-state index is 13.0. The molecule has 2 rings (SSSR count). The number of rotatable bonds is 11. The van der Waals surface area contributed by atoms with Gasteiger partial charge in [-0.3, -0.25) is 0 Å². The molecule has 2 aromatic carbocycles. The van der Waals surface area contributed by atoms with E-state index >= 15 is 0 Å². The fourth-order valence-electron chi connectivity index (χ4n) is 2.94. The van der Waals surface area contributed by atoms with Crippen LogP contribution in [0.1, 0.15) is 37.8 Å². The first-order valence-electron chi connectivity index (χ1n) is 9.40. The van der Waals surface area contributed by atoms with Gasteiger partial charge in [0.05, 0.1) is 6.61 Å². The number of benzene rings is 2. The molecule has 0 amide bonds. The molecule has 0 saturated carbocycles. The third-order valence-electron chi connectivity index (χ3n) is 4.59. The highest BCUT2D eigenvalue weighted by molar-refractivity contribution is 5.34. The van der Waals surface area contributed by atoms with Crippen molar-refractivity contribution in [3.63, 3.8) is 0 Å². The average Bonchev–Trinajstić information content (AvgIpc) is 2.65. The van der Waals surface area contributed by atoms with Gasteiger partial charge in [0.25, 0.3) is 0 Å². The van der Waals surface area contributed by atoms with Crippen molar-refractivity contribution in [2.45, 2.75) is 39.5 Å². The van der Waals surface area contributed by atoms with E-state index in [9.17, 15) is 4.39 Å². The predicted octanol–water partition coefficient (Wildman–Crippen LogP) is 5.11. The van der Waals surface area contributed by atoms with Crippen molar-refractivity contribution in [3.05, 3.63) is 65.5 Å². The van der Waals surface area contributed by atoms with Crippen molar-refractivity contribution in [1.29, 1.82) is 0 Å². The van der Waals surface area contributed by atoms with Crippen LogP contribution in [0.3, 0.4) is 0 Å². The quantitative estimate of drug-likeness (QED) is 0.526. The number of unbranched alkanes of at least 4 members (excludes halogenated alkanes) is 1. The van der Waals surface area contributed by atoms with Crippen LogP contribution in [0.4, 0.5) is 4.39 Å². The van der Waals surface area contributed by atoms with E-state index in [-0.39, 0.29) is 5.82 Å². The highest BCUT2D eigenvalue weighted by Crippen LogP contribution is 2.20. The number of hydrogen-bond acceptors (Lipinski definition) is 2. The maximum atomic E-state index is 13.0. The Morgan fingerprint density at radius 1 is 0.880 bits per heavy atom. The van der Waals surface area contributed by atoms with Crippen molar-refractivity contribution in [2.75, 3.05) is 26.2 Å². The molecule has 0 fully saturated rings. The Labute approximate surface area is 151 Å². The Bertz CT molecular complexity index is 608. The van der Waals surface area contributed by atoms with Gasteiger partial charge in [-0.25, -0.2) is 4.39 Å². The topological polar surface area (TPSA) is 12.5 Å². The molecule has 0 atom stereocenters. The molecule has 0 bridgehead atoms. The van der Waals surface area contributed by atoms with Crippen LogP contribution in [0, 0.1) is 5.82 Å². The first-order chi connectivity index (χ1) is 12.2. The van der Waals surface area contributed by atoms with E-state index in [4.69, 9.17) is 4.74 Å². The number of hydrogen-bond donors (Lipinski definition) is 0. The summed E-state index contributed by atoms with van der Waals surface area (Å²) in [5.41, 5.74) is 2.37. The normalized spacial score (nSPS) is 11.0. The van der Waals surface area contributed by atoms with Gasteiger partial charge in [0, 0.05) is 0 Å². The smallest absolute Gasteiger partial charge is 0.123 e. The number of aryl methyl sites for hydroxylation is 2. The largest absolute Gasteiger partial charge is 0.493 e. The van der Waals surface area contributed by atoms with Crippen LogP contribution >= 0.6 is 0 Å². The van der Waals surface area contributed by atoms with Gasteiger partial charge >= 0.3 is 0 Å². The molecule has 0 heterocycles. The van der Waals surface area contributed by atoms with Gasteiger partial charge in [-0.1, -0.05) is 44.2 Å². The molecule has 0 aliphatic rings. The summed E-state index contributed by atoms with van der Waals surface area (Å²) in [6, 6.07) is 15.0. The highest BCUT2D eigenvalue weighted by atomic mass is 19.1. The second-order valence-corrected chi connectivity index (χ2v) is 6.32. The van der Waals surface area contributed by atoms with Crippen LogP contribution in [-0.4, -0.2) is 31.1 Å². The van der Waals surface area contributed by atoms with Crippen LogP contribution < -0.4 is 4.74 Å². The molecule has 2 aromatic rings. The molecule has 0 aliphatic heterocycles. The van der Waals surface area contributed by atoms with Crippen LogP contribution in [0.5, 0.6) is 5.75 Å². The van der Waals surface area contributed by atoms with Crippen molar-refractivity contribution in [3.8, 4) is 5.75 Å². The Morgan fingerprint density at radius 2 is 1.60 bits per heavy atom. The third kappa shape index (κ3) is 6.87. The molecule has 136 valence electrons. The standard InChI is InChI=1S/C22H30FNO/c1-3-24(4-2)17-7-8-18-25-22-10-6-5-9-20(22)14-11-19-12-15-21(23)16-13-19/h5-6,9-10,12-13,15-16H,3-4,7-8,11,14,17-18H2,1-2H3. The summed E-state index contributed by atoms with van der Waals surface area (Å²) >= 11 is 0. The Balaban J connectivity index is 1.78.